The third-order valence-electron chi connectivity index (χ3n) is 6.31. The predicted molar refractivity (Wildman–Crippen MR) is 135 cm³/mol. The van der Waals surface area contributed by atoms with Crippen molar-refractivity contribution in [1.29, 1.82) is 0 Å². The molecule has 1 fully saturated rings. The minimum absolute atomic E-state index is 0.0343. The van der Waals surface area contributed by atoms with Crippen molar-refractivity contribution in [3.8, 4) is 5.88 Å². The van der Waals surface area contributed by atoms with Crippen molar-refractivity contribution >= 4 is 34.2 Å². The van der Waals surface area contributed by atoms with Crippen molar-refractivity contribution in [1.82, 2.24) is 9.88 Å². The van der Waals surface area contributed by atoms with E-state index in [4.69, 9.17) is 4.99 Å². The Morgan fingerprint density at radius 2 is 1.51 bits per heavy atom. The summed E-state index contributed by atoms with van der Waals surface area (Å²) >= 11 is 0. The van der Waals surface area contributed by atoms with Crippen LogP contribution in [-0.4, -0.2) is 50.8 Å². The number of hydrogen-bond acceptors (Lipinski definition) is 4. The zero-order valence-corrected chi connectivity index (χ0v) is 19.1. The third kappa shape index (κ3) is 4.53. The van der Waals surface area contributed by atoms with Gasteiger partial charge in [-0.25, -0.2) is 9.79 Å². The molecule has 0 radical (unpaired) electrons. The van der Waals surface area contributed by atoms with E-state index in [0.29, 0.717) is 33.4 Å². The van der Waals surface area contributed by atoms with Gasteiger partial charge in [0.1, 0.15) is 0 Å². The number of aromatic nitrogens is 1. The molecule has 1 amide bonds. The first-order valence-corrected chi connectivity index (χ1v) is 11.6. The third-order valence-corrected chi connectivity index (χ3v) is 6.31. The number of rotatable bonds is 5. The standard InChI is InChI=1S/C28H25N3O4/c32-26-24(22-14-11-20(28(34)35)17-23(22)30-26)25(18-7-3-1-4-8-18)29-21-12-9-19(10-13-21)27(33)31-15-5-2-6-16-31/h1,3-4,7-14,17,30,32H,2,5-6,15-16H2,(H,34,35). The Hall–Kier alpha value is -4.39. The molecular weight excluding hydrogens is 442 g/mol. The zero-order chi connectivity index (χ0) is 24.4. The van der Waals surface area contributed by atoms with E-state index in [0.717, 1.165) is 37.9 Å². The fourth-order valence-electron chi connectivity index (χ4n) is 4.50. The van der Waals surface area contributed by atoms with E-state index in [2.05, 4.69) is 4.98 Å². The van der Waals surface area contributed by atoms with Crippen LogP contribution in [0.4, 0.5) is 5.69 Å². The average molecular weight is 468 g/mol. The smallest absolute Gasteiger partial charge is 0.335 e. The van der Waals surface area contributed by atoms with Gasteiger partial charge in [-0.05, 0) is 55.7 Å². The molecule has 0 saturated carbocycles. The van der Waals surface area contributed by atoms with E-state index >= 15 is 0 Å². The molecule has 1 aliphatic heterocycles. The van der Waals surface area contributed by atoms with E-state index < -0.39 is 5.97 Å². The van der Waals surface area contributed by atoms with Crippen LogP contribution < -0.4 is 0 Å². The topological polar surface area (TPSA) is 106 Å². The molecule has 1 saturated heterocycles. The number of carboxylic acid groups (broad SMARTS) is 1. The predicted octanol–water partition coefficient (Wildman–Crippen LogP) is 5.37. The minimum atomic E-state index is -1.04. The molecule has 0 atom stereocenters. The second-order valence-electron chi connectivity index (χ2n) is 8.64. The highest BCUT2D eigenvalue weighted by Gasteiger charge is 2.21. The van der Waals surface area contributed by atoms with Gasteiger partial charge in [0.25, 0.3) is 5.91 Å². The number of carboxylic acids is 1. The maximum atomic E-state index is 12.8. The van der Waals surface area contributed by atoms with Gasteiger partial charge in [-0.15, -0.1) is 0 Å². The number of carbonyl (C=O) groups excluding carboxylic acids is 1. The Morgan fingerprint density at radius 1 is 0.829 bits per heavy atom. The van der Waals surface area contributed by atoms with E-state index in [1.165, 1.54) is 12.1 Å². The molecular formula is C28H25N3O4. The van der Waals surface area contributed by atoms with Crippen LogP contribution in [0.1, 0.15) is 51.1 Å². The molecule has 5 rings (SSSR count). The fourth-order valence-corrected chi connectivity index (χ4v) is 4.50. The lowest BCUT2D eigenvalue weighted by Gasteiger charge is -2.26. The van der Waals surface area contributed by atoms with E-state index in [1.54, 1.807) is 30.3 Å². The van der Waals surface area contributed by atoms with Crippen LogP contribution >= 0.6 is 0 Å². The number of H-pyrrole nitrogens is 1. The van der Waals surface area contributed by atoms with Crippen molar-refractivity contribution in [3.05, 3.63) is 95.1 Å². The number of nitrogens with zero attached hydrogens (tertiary/aromatic N) is 2. The number of fused-ring (bicyclic) bond motifs is 1. The second-order valence-corrected chi connectivity index (χ2v) is 8.64. The summed E-state index contributed by atoms with van der Waals surface area (Å²) in [7, 11) is 0. The summed E-state index contributed by atoms with van der Waals surface area (Å²) in [6.45, 7) is 1.58. The Balaban J connectivity index is 1.56. The highest BCUT2D eigenvalue weighted by molar-refractivity contribution is 6.22. The Morgan fingerprint density at radius 3 is 2.20 bits per heavy atom. The maximum absolute atomic E-state index is 12.8. The number of aromatic carboxylic acids is 1. The number of hydrogen-bond donors (Lipinski definition) is 3. The molecule has 0 aliphatic carbocycles. The van der Waals surface area contributed by atoms with Crippen LogP contribution in [-0.2, 0) is 0 Å². The van der Waals surface area contributed by atoms with E-state index in [9.17, 15) is 19.8 Å². The number of piperidine rings is 1. The first-order valence-electron chi connectivity index (χ1n) is 11.6. The van der Waals surface area contributed by atoms with Gasteiger partial charge in [-0.3, -0.25) is 4.79 Å². The van der Waals surface area contributed by atoms with Crippen molar-refractivity contribution in [2.24, 2.45) is 4.99 Å². The number of amides is 1. The summed E-state index contributed by atoms with van der Waals surface area (Å²) in [5.41, 5.74) is 3.70. The number of benzene rings is 3. The number of aliphatic imine (C=N–C) groups is 1. The van der Waals surface area contributed by atoms with Crippen LogP contribution in [0, 0.1) is 0 Å². The molecule has 7 heteroatoms. The summed E-state index contributed by atoms with van der Waals surface area (Å²) in [4.78, 5) is 33.8. The molecule has 176 valence electrons. The van der Waals surface area contributed by atoms with E-state index in [-0.39, 0.29) is 17.4 Å². The van der Waals surface area contributed by atoms with Crippen molar-refractivity contribution < 1.29 is 19.8 Å². The van der Waals surface area contributed by atoms with Crippen LogP contribution in [0.25, 0.3) is 10.9 Å². The van der Waals surface area contributed by atoms with Gasteiger partial charge >= 0.3 is 5.97 Å². The summed E-state index contributed by atoms with van der Waals surface area (Å²) < 4.78 is 0. The molecule has 4 aromatic rings. The number of carbonyl (C=O) groups is 2. The van der Waals surface area contributed by atoms with Gasteiger partial charge < -0.3 is 20.1 Å². The molecule has 7 nitrogen and oxygen atoms in total. The largest absolute Gasteiger partial charge is 0.494 e. The molecule has 0 spiro atoms. The Bertz CT molecular complexity index is 1420. The Kier molecular flexibility index (Phi) is 6.06. The molecule has 0 unspecified atom stereocenters. The molecule has 2 heterocycles. The lowest BCUT2D eigenvalue weighted by atomic mass is 10.00. The summed E-state index contributed by atoms with van der Waals surface area (Å²) in [5.74, 6) is -1.10. The fraction of sp³-hybridized carbons (Fsp3) is 0.179. The molecule has 3 aromatic carbocycles. The quantitative estimate of drug-likeness (QED) is 0.343. The van der Waals surface area contributed by atoms with Crippen LogP contribution in [0.5, 0.6) is 5.88 Å². The normalized spacial score (nSPS) is 14.3. The Labute approximate surface area is 202 Å². The lowest BCUT2D eigenvalue weighted by Crippen LogP contribution is -2.35. The summed E-state index contributed by atoms with van der Waals surface area (Å²) in [6, 6.07) is 21.3. The van der Waals surface area contributed by atoms with Crippen molar-refractivity contribution in [2.45, 2.75) is 19.3 Å². The first-order chi connectivity index (χ1) is 17.0. The van der Waals surface area contributed by atoms with Gasteiger partial charge in [0, 0.05) is 35.1 Å². The minimum Gasteiger partial charge on any atom is -0.494 e. The van der Waals surface area contributed by atoms with Crippen molar-refractivity contribution in [2.75, 3.05) is 13.1 Å². The first kappa shape index (κ1) is 22.4. The second kappa shape index (κ2) is 9.46. The van der Waals surface area contributed by atoms with Gasteiger partial charge in [0.05, 0.1) is 22.5 Å². The summed E-state index contributed by atoms with van der Waals surface area (Å²) in [6.07, 6.45) is 3.24. The number of aromatic amines is 1. The highest BCUT2D eigenvalue weighted by Crippen LogP contribution is 2.32. The van der Waals surface area contributed by atoms with Crippen molar-refractivity contribution in [3.63, 3.8) is 0 Å². The average Bonchev–Trinajstić information content (AvgIpc) is 3.23. The van der Waals surface area contributed by atoms with Gasteiger partial charge in [0.15, 0.2) is 5.88 Å². The van der Waals surface area contributed by atoms with Crippen LogP contribution in [0.3, 0.4) is 0 Å². The van der Waals surface area contributed by atoms with Gasteiger partial charge in [-0.2, -0.15) is 0 Å². The van der Waals surface area contributed by atoms with Crippen LogP contribution in [0.2, 0.25) is 0 Å². The lowest BCUT2D eigenvalue weighted by molar-refractivity contribution is 0.0694. The van der Waals surface area contributed by atoms with Gasteiger partial charge in [0.2, 0.25) is 0 Å². The maximum Gasteiger partial charge on any atom is 0.335 e. The monoisotopic (exact) mass is 467 g/mol. The number of nitrogens with one attached hydrogen (secondary N) is 1. The number of likely N-dealkylation sites (tertiary alicyclic amines) is 1. The highest BCUT2D eigenvalue weighted by atomic mass is 16.4. The molecule has 0 bridgehead atoms. The number of aromatic hydroxyl groups is 1. The molecule has 1 aromatic heterocycles. The van der Waals surface area contributed by atoms with E-state index in [1.807, 2.05) is 35.2 Å². The molecule has 3 N–H and O–H groups in total. The summed E-state index contributed by atoms with van der Waals surface area (Å²) in [5, 5.41) is 20.8. The molecule has 35 heavy (non-hydrogen) atoms. The van der Waals surface area contributed by atoms with Crippen LogP contribution in [0.15, 0.2) is 77.8 Å². The van der Waals surface area contributed by atoms with Gasteiger partial charge in [-0.1, -0.05) is 36.4 Å². The SMILES string of the molecule is O=C(O)c1ccc2c(C(=Nc3ccc(C(=O)N4CCCCC4)cc3)c3ccccc3)c(O)[nH]c2c1. The molecule has 1 aliphatic rings. The zero-order valence-electron chi connectivity index (χ0n) is 19.1.